The van der Waals surface area contributed by atoms with Crippen LogP contribution < -0.4 is 0 Å². The fraction of sp³-hybridized carbons (Fsp3) is 1.00. The zero-order valence-corrected chi connectivity index (χ0v) is 25.9. The predicted octanol–water partition coefficient (Wildman–Crippen LogP) is 10.0. The van der Waals surface area contributed by atoms with E-state index in [-0.39, 0.29) is 0 Å². The minimum atomic E-state index is 1.12. The topological polar surface area (TPSA) is 0 Å². The highest BCUT2D eigenvalue weighted by molar-refractivity contribution is 4.49. The van der Waals surface area contributed by atoms with E-state index in [0.29, 0.717) is 0 Å². The van der Waals surface area contributed by atoms with E-state index in [1.807, 2.05) is 0 Å². The maximum Gasteiger partial charge on any atom is 0.0780 e. The van der Waals surface area contributed by atoms with Crippen LogP contribution in [0.5, 0.6) is 0 Å². The van der Waals surface area contributed by atoms with Crippen LogP contribution in [0.2, 0.25) is 0 Å². The summed E-state index contributed by atoms with van der Waals surface area (Å²) in [6.45, 7) is 7.24. The second-order valence-corrected chi connectivity index (χ2v) is 13.1. The van der Waals surface area contributed by atoms with Crippen LogP contribution in [-0.2, 0) is 0 Å². The molecular formula is C32H72N2+2. The Morgan fingerprint density at radius 1 is 0.265 bits per heavy atom. The molecule has 0 unspecified atom stereocenters. The van der Waals surface area contributed by atoms with Crippen LogP contribution >= 0.6 is 0 Å². The first-order chi connectivity index (χ1) is 16.1. The SMILES string of the molecule is CCCCCCCCCCCCCC[N+](C)(C)C.CCCCCCCCCCCC[N+](C)(C)C. The van der Waals surface area contributed by atoms with Crippen molar-refractivity contribution in [2.45, 2.75) is 155 Å². The molecule has 0 aliphatic heterocycles. The average Bonchev–Trinajstić information content (AvgIpc) is 2.75. The fourth-order valence-corrected chi connectivity index (χ4v) is 4.50. The molecule has 0 amide bonds. The van der Waals surface area contributed by atoms with Crippen molar-refractivity contribution < 1.29 is 8.97 Å². The van der Waals surface area contributed by atoms with E-state index in [9.17, 15) is 0 Å². The largest absolute Gasteiger partial charge is 0.331 e. The smallest absolute Gasteiger partial charge is 0.0780 e. The zero-order chi connectivity index (χ0) is 26.0. The maximum absolute atomic E-state index is 2.29. The van der Waals surface area contributed by atoms with Gasteiger partial charge < -0.3 is 8.97 Å². The van der Waals surface area contributed by atoms with Gasteiger partial charge in [-0.25, -0.2) is 0 Å². The van der Waals surface area contributed by atoms with Gasteiger partial charge in [-0.05, 0) is 25.7 Å². The molecule has 0 rings (SSSR count). The Morgan fingerprint density at radius 2 is 0.441 bits per heavy atom. The van der Waals surface area contributed by atoms with Gasteiger partial charge in [-0.2, -0.15) is 0 Å². The molecular weight excluding hydrogens is 412 g/mol. The van der Waals surface area contributed by atoms with Crippen molar-refractivity contribution in [3.8, 4) is 0 Å². The van der Waals surface area contributed by atoms with Gasteiger partial charge in [0.05, 0.1) is 55.4 Å². The first kappa shape index (κ1) is 36.1. The van der Waals surface area contributed by atoms with E-state index in [1.165, 1.54) is 154 Å². The minimum absolute atomic E-state index is 1.12. The Labute approximate surface area is 219 Å². The van der Waals surface area contributed by atoms with Gasteiger partial charge in [0.1, 0.15) is 0 Å². The number of hydrogen-bond donors (Lipinski definition) is 0. The highest BCUT2D eigenvalue weighted by atomic mass is 15.3. The number of quaternary nitrogens is 2. The molecule has 0 aliphatic carbocycles. The molecule has 0 N–H and O–H groups in total. The van der Waals surface area contributed by atoms with Gasteiger partial charge in [0.2, 0.25) is 0 Å². The molecule has 0 aromatic heterocycles. The van der Waals surface area contributed by atoms with Crippen LogP contribution in [0, 0.1) is 0 Å². The number of rotatable bonds is 24. The van der Waals surface area contributed by atoms with Gasteiger partial charge >= 0.3 is 0 Å². The third-order valence-corrected chi connectivity index (χ3v) is 6.86. The van der Waals surface area contributed by atoms with Crippen LogP contribution in [-0.4, -0.2) is 64.3 Å². The predicted molar refractivity (Wildman–Crippen MR) is 159 cm³/mol. The fourth-order valence-electron chi connectivity index (χ4n) is 4.50. The van der Waals surface area contributed by atoms with Gasteiger partial charge in [-0.1, -0.05) is 129 Å². The molecule has 0 atom stereocenters. The van der Waals surface area contributed by atoms with Crippen LogP contribution in [0.15, 0.2) is 0 Å². The maximum atomic E-state index is 2.29. The summed E-state index contributed by atoms with van der Waals surface area (Å²) in [7, 11) is 13.7. The Morgan fingerprint density at radius 3 is 0.618 bits per heavy atom. The Hall–Kier alpha value is -0.0800. The van der Waals surface area contributed by atoms with Gasteiger partial charge in [0, 0.05) is 0 Å². The average molecular weight is 485 g/mol. The van der Waals surface area contributed by atoms with Crippen molar-refractivity contribution in [1.29, 1.82) is 0 Å². The van der Waals surface area contributed by atoms with Crippen molar-refractivity contribution >= 4 is 0 Å². The van der Waals surface area contributed by atoms with Gasteiger partial charge in [-0.3, -0.25) is 0 Å². The summed E-state index contributed by atoms with van der Waals surface area (Å²) in [6.07, 6.45) is 31.8. The molecule has 0 aromatic rings. The lowest BCUT2D eigenvalue weighted by atomic mass is 10.1. The van der Waals surface area contributed by atoms with Crippen molar-refractivity contribution in [2.24, 2.45) is 0 Å². The van der Waals surface area contributed by atoms with E-state index in [4.69, 9.17) is 0 Å². The normalized spacial score (nSPS) is 12.0. The molecule has 34 heavy (non-hydrogen) atoms. The molecule has 2 nitrogen and oxygen atoms in total. The Kier molecular flexibility index (Phi) is 27.6. The second-order valence-electron chi connectivity index (χ2n) is 13.1. The molecule has 0 saturated carbocycles. The third kappa shape index (κ3) is 39.1. The summed E-state index contributed by atoms with van der Waals surface area (Å²) in [4.78, 5) is 0. The lowest BCUT2D eigenvalue weighted by Crippen LogP contribution is -2.35. The molecule has 0 aromatic carbocycles. The molecule has 0 spiro atoms. The molecule has 0 bridgehead atoms. The van der Waals surface area contributed by atoms with E-state index in [2.05, 4.69) is 56.1 Å². The summed E-state index contributed by atoms with van der Waals surface area (Å²) in [5.74, 6) is 0. The van der Waals surface area contributed by atoms with E-state index < -0.39 is 0 Å². The van der Waals surface area contributed by atoms with Crippen LogP contribution in [0.25, 0.3) is 0 Å². The molecule has 0 heterocycles. The van der Waals surface area contributed by atoms with Crippen LogP contribution in [0.3, 0.4) is 0 Å². The monoisotopic (exact) mass is 485 g/mol. The van der Waals surface area contributed by atoms with Crippen LogP contribution in [0.1, 0.15) is 155 Å². The summed E-state index contributed by atoms with van der Waals surface area (Å²) in [5, 5.41) is 0. The molecule has 208 valence electrons. The first-order valence-corrected chi connectivity index (χ1v) is 15.7. The zero-order valence-electron chi connectivity index (χ0n) is 25.9. The van der Waals surface area contributed by atoms with Gasteiger partial charge in [0.15, 0.2) is 0 Å². The quantitative estimate of drug-likeness (QED) is 0.0944. The summed E-state index contributed by atoms with van der Waals surface area (Å²) in [6, 6.07) is 0. The van der Waals surface area contributed by atoms with Crippen molar-refractivity contribution in [2.75, 3.05) is 55.4 Å². The first-order valence-electron chi connectivity index (χ1n) is 15.7. The second kappa shape index (κ2) is 26.0. The summed E-state index contributed by atoms with van der Waals surface area (Å²) < 4.78 is 2.24. The Balaban J connectivity index is 0. The highest BCUT2D eigenvalue weighted by Gasteiger charge is 2.05. The molecule has 0 saturated heterocycles. The number of nitrogens with zero attached hydrogens (tertiary/aromatic N) is 2. The van der Waals surface area contributed by atoms with Crippen molar-refractivity contribution in [3.63, 3.8) is 0 Å². The Bertz CT molecular complexity index is 364. The highest BCUT2D eigenvalue weighted by Crippen LogP contribution is 2.13. The third-order valence-electron chi connectivity index (χ3n) is 6.86. The molecule has 0 radical (unpaired) electrons. The molecule has 0 aliphatic rings. The van der Waals surface area contributed by atoms with Crippen molar-refractivity contribution in [3.05, 3.63) is 0 Å². The molecule has 2 heteroatoms. The standard InChI is InChI=1S/C17H38N.C15H34N/c1-5-6-7-8-9-10-11-12-13-14-15-16-17-18(2,3)4;1-5-6-7-8-9-10-11-12-13-14-15-16(2,3)4/h5-17H2,1-4H3;5-15H2,1-4H3/q2*+1. The van der Waals surface area contributed by atoms with Crippen LogP contribution in [0.4, 0.5) is 0 Å². The van der Waals surface area contributed by atoms with E-state index >= 15 is 0 Å². The lowest BCUT2D eigenvalue weighted by Gasteiger charge is -2.23. The number of unbranched alkanes of at least 4 members (excludes halogenated alkanes) is 20. The van der Waals surface area contributed by atoms with E-state index in [0.717, 1.165) is 8.97 Å². The van der Waals surface area contributed by atoms with Crippen molar-refractivity contribution in [1.82, 2.24) is 0 Å². The van der Waals surface area contributed by atoms with Gasteiger partial charge in [-0.15, -0.1) is 0 Å². The summed E-state index contributed by atoms with van der Waals surface area (Å²) in [5.41, 5.74) is 0. The van der Waals surface area contributed by atoms with E-state index in [1.54, 1.807) is 0 Å². The lowest BCUT2D eigenvalue weighted by molar-refractivity contribution is -0.870. The number of hydrogen-bond acceptors (Lipinski definition) is 0. The summed E-state index contributed by atoms with van der Waals surface area (Å²) >= 11 is 0. The van der Waals surface area contributed by atoms with Gasteiger partial charge in [0.25, 0.3) is 0 Å². The molecule has 0 fully saturated rings. The minimum Gasteiger partial charge on any atom is -0.331 e.